The molecule has 26 heavy (non-hydrogen) atoms. The van der Waals surface area contributed by atoms with Crippen LogP contribution in [-0.2, 0) is 16.0 Å². The largest absolute Gasteiger partial charge is 0.468 e. The Morgan fingerprint density at radius 2 is 2.12 bits per heavy atom. The van der Waals surface area contributed by atoms with Crippen LogP contribution in [0.25, 0.3) is 5.52 Å². The molecule has 132 valence electrons. The van der Waals surface area contributed by atoms with Crippen LogP contribution in [0.15, 0.2) is 48.8 Å². The lowest BCUT2D eigenvalue weighted by Gasteiger charge is -2.30. The third kappa shape index (κ3) is 2.26. The molecule has 6 nitrogen and oxygen atoms in total. The molecule has 0 spiro atoms. The Bertz CT molecular complexity index is 1010. The van der Waals surface area contributed by atoms with Gasteiger partial charge in [-0.05, 0) is 41.0 Å². The van der Waals surface area contributed by atoms with Crippen molar-refractivity contribution in [3.05, 3.63) is 65.5 Å². The predicted octanol–water partition coefficient (Wildman–Crippen LogP) is 2.44. The highest BCUT2D eigenvalue weighted by Gasteiger charge is 2.34. The van der Waals surface area contributed by atoms with Crippen molar-refractivity contribution in [3.8, 4) is 11.5 Å². The van der Waals surface area contributed by atoms with Crippen LogP contribution in [0.4, 0.5) is 0 Å². The number of pyridine rings is 1. The number of carbonyl (C=O) groups excluding carboxylic acids is 1. The van der Waals surface area contributed by atoms with Crippen molar-refractivity contribution in [2.24, 2.45) is 0 Å². The van der Waals surface area contributed by atoms with Crippen molar-refractivity contribution in [1.82, 2.24) is 9.72 Å². The zero-order valence-corrected chi connectivity index (χ0v) is 14.3. The van der Waals surface area contributed by atoms with Gasteiger partial charge in [0.05, 0.1) is 13.2 Å². The molecule has 0 saturated carbocycles. The molecule has 2 aliphatic rings. The summed E-state index contributed by atoms with van der Waals surface area (Å²) in [5, 5.41) is 3.44. The zero-order valence-electron chi connectivity index (χ0n) is 14.3. The number of aromatic nitrogens is 1. The molecule has 2 aliphatic heterocycles. The quantitative estimate of drug-likeness (QED) is 0.720. The van der Waals surface area contributed by atoms with Crippen LogP contribution in [0, 0.1) is 0 Å². The Morgan fingerprint density at radius 1 is 1.23 bits per heavy atom. The fourth-order valence-electron chi connectivity index (χ4n) is 3.89. The summed E-state index contributed by atoms with van der Waals surface area (Å²) >= 11 is 0. The van der Waals surface area contributed by atoms with Crippen LogP contribution in [0.1, 0.15) is 22.7 Å². The number of rotatable bonds is 2. The molecule has 0 aliphatic carbocycles. The molecule has 2 atom stereocenters. The van der Waals surface area contributed by atoms with Gasteiger partial charge in [-0.25, -0.2) is 0 Å². The number of methoxy groups -OCH3 is 1. The SMILES string of the molecule is COC(=O)[C@H]1Cc2c(cn3ccccc23)[C@@H](c2ccc3c(c2)OCO3)N1. The average molecular weight is 350 g/mol. The van der Waals surface area contributed by atoms with Gasteiger partial charge in [-0.15, -0.1) is 0 Å². The molecule has 1 N–H and O–H groups in total. The Morgan fingerprint density at radius 3 is 3.00 bits per heavy atom. The summed E-state index contributed by atoms with van der Waals surface area (Å²) in [6.45, 7) is 0.239. The molecule has 0 saturated heterocycles. The molecule has 0 radical (unpaired) electrons. The Hall–Kier alpha value is -2.99. The number of nitrogens with zero attached hydrogens (tertiary/aromatic N) is 1. The van der Waals surface area contributed by atoms with Gasteiger partial charge in [-0.1, -0.05) is 12.1 Å². The number of hydrogen-bond donors (Lipinski definition) is 1. The summed E-state index contributed by atoms with van der Waals surface area (Å²) in [5.74, 6) is 1.22. The van der Waals surface area contributed by atoms with Gasteiger partial charge in [0.25, 0.3) is 0 Å². The summed E-state index contributed by atoms with van der Waals surface area (Å²) in [5.41, 5.74) is 4.47. The van der Waals surface area contributed by atoms with Gasteiger partial charge in [0.2, 0.25) is 6.79 Å². The number of ether oxygens (including phenoxy) is 3. The lowest BCUT2D eigenvalue weighted by Crippen LogP contribution is -2.45. The molecule has 0 unspecified atom stereocenters. The smallest absolute Gasteiger partial charge is 0.323 e. The van der Waals surface area contributed by atoms with E-state index in [1.807, 2.05) is 36.5 Å². The van der Waals surface area contributed by atoms with Gasteiger partial charge in [0.15, 0.2) is 11.5 Å². The molecule has 1 aromatic carbocycles. The maximum absolute atomic E-state index is 12.3. The molecule has 4 heterocycles. The minimum absolute atomic E-state index is 0.128. The van der Waals surface area contributed by atoms with Crippen molar-refractivity contribution in [1.29, 1.82) is 0 Å². The van der Waals surface area contributed by atoms with Crippen molar-refractivity contribution in [2.45, 2.75) is 18.5 Å². The van der Waals surface area contributed by atoms with E-state index in [4.69, 9.17) is 14.2 Å². The lowest BCUT2D eigenvalue weighted by atomic mass is 9.88. The maximum Gasteiger partial charge on any atom is 0.323 e. The van der Waals surface area contributed by atoms with E-state index in [-0.39, 0.29) is 18.8 Å². The van der Waals surface area contributed by atoms with E-state index in [9.17, 15) is 4.79 Å². The van der Waals surface area contributed by atoms with Gasteiger partial charge < -0.3 is 18.6 Å². The first-order chi connectivity index (χ1) is 12.7. The molecule has 5 rings (SSSR count). The van der Waals surface area contributed by atoms with Crippen molar-refractivity contribution in [2.75, 3.05) is 13.9 Å². The summed E-state index contributed by atoms with van der Waals surface area (Å²) in [4.78, 5) is 12.3. The fourth-order valence-corrected chi connectivity index (χ4v) is 3.89. The third-order valence-corrected chi connectivity index (χ3v) is 5.13. The van der Waals surface area contributed by atoms with Gasteiger partial charge in [0, 0.05) is 24.3 Å². The molecular formula is C20H18N2O4. The van der Waals surface area contributed by atoms with Crippen LogP contribution >= 0.6 is 0 Å². The van der Waals surface area contributed by atoms with E-state index in [0.29, 0.717) is 6.42 Å². The van der Waals surface area contributed by atoms with E-state index in [2.05, 4.69) is 22.0 Å². The molecule has 0 amide bonds. The second-order valence-electron chi connectivity index (χ2n) is 6.55. The minimum Gasteiger partial charge on any atom is -0.468 e. The van der Waals surface area contributed by atoms with E-state index < -0.39 is 6.04 Å². The lowest BCUT2D eigenvalue weighted by molar-refractivity contribution is -0.143. The topological polar surface area (TPSA) is 61.2 Å². The molecule has 6 heteroatoms. The van der Waals surface area contributed by atoms with E-state index in [1.54, 1.807) is 0 Å². The number of fused-ring (bicyclic) bond motifs is 4. The second-order valence-corrected chi connectivity index (χ2v) is 6.55. The van der Waals surface area contributed by atoms with Crippen LogP contribution in [-0.4, -0.2) is 30.3 Å². The first-order valence-corrected chi connectivity index (χ1v) is 8.56. The highest BCUT2D eigenvalue weighted by molar-refractivity contribution is 5.78. The van der Waals surface area contributed by atoms with Crippen molar-refractivity contribution in [3.63, 3.8) is 0 Å². The molecule has 2 aromatic heterocycles. The normalized spacial score (nSPS) is 20.8. The average Bonchev–Trinajstić information content (AvgIpc) is 3.30. The van der Waals surface area contributed by atoms with E-state index in [1.165, 1.54) is 12.7 Å². The van der Waals surface area contributed by atoms with E-state index >= 15 is 0 Å². The van der Waals surface area contributed by atoms with Crippen molar-refractivity contribution < 1.29 is 19.0 Å². The molecule has 0 fully saturated rings. The zero-order chi connectivity index (χ0) is 17.7. The molecular weight excluding hydrogens is 332 g/mol. The van der Waals surface area contributed by atoms with Gasteiger partial charge in [-0.3, -0.25) is 10.1 Å². The number of esters is 1. The molecule has 3 aromatic rings. The summed E-state index contributed by atoms with van der Waals surface area (Å²) < 4.78 is 18.0. The second kappa shape index (κ2) is 5.78. The number of nitrogens with one attached hydrogen (secondary N) is 1. The highest BCUT2D eigenvalue weighted by atomic mass is 16.7. The Kier molecular flexibility index (Phi) is 3.39. The predicted molar refractivity (Wildman–Crippen MR) is 94.4 cm³/mol. The van der Waals surface area contributed by atoms with Crippen LogP contribution in [0.2, 0.25) is 0 Å². The van der Waals surface area contributed by atoms with Crippen molar-refractivity contribution >= 4 is 11.5 Å². The first kappa shape index (κ1) is 15.3. The highest BCUT2D eigenvalue weighted by Crippen LogP contribution is 2.39. The Labute approximate surface area is 150 Å². The monoisotopic (exact) mass is 350 g/mol. The van der Waals surface area contributed by atoms with Crippen LogP contribution in [0.5, 0.6) is 11.5 Å². The first-order valence-electron chi connectivity index (χ1n) is 8.56. The fraction of sp³-hybridized carbons (Fsp3) is 0.250. The summed E-state index contributed by atoms with van der Waals surface area (Å²) in [6, 6.07) is 11.5. The molecule has 0 bridgehead atoms. The summed E-state index contributed by atoms with van der Waals surface area (Å²) in [6.07, 6.45) is 4.75. The third-order valence-electron chi connectivity index (χ3n) is 5.13. The van der Waals surface area contributed by atoms with E-state index in [0.717, 1.165) is 28.1 Å². The van der Waals surface area contributed by atoms with Crippen LogP contribution < -0.4 is 14.8 Å². The number of benzene rings is 1. The summed E-state index contributed by atoms with van der Waals surface area (Å²) in [7, 11) is 1.42. The van der Waals surface area contributed by atoms with Gasteiger partial charge >= 0.3 is 5.97 Å². The Balaban J connectivity index is 1.65. The maximum atomic E-state index is 12.3. The van der Waals surface area contributed by atoms with Gasteiger partial charge in [0.1, 0.15) is 6.04 Å². The minimum atomic E-state index is -0.394. The van der Waals surface area contributed by atoms with Gasteiger partial charge in [-0.2, -0.15) is 0 Å². The number of carbonyl (C=O) groups is 1. The number of hydrogen-bond acceptors (Lipinski definition) is 5. The standard InChI is InChI=1S/C20H18N2O4/c1-24-20(23)15-9-13-14(10-22-7-3-2-4-16(13)22)19(21-15)12-5-6-17-18(8-12)26-11-25-17/h2-8,10,15,19,21H,9,11H2,1H3/t15-,19-/m1/s1. The van der Waals surface area contributed by atoms with Crippen LogP contribution in [0.3, 0.4) is 0 Å².